The summed E-state index contributed by atoms with van der Waals surface area (Å²) in [5.41, 5.74) is 3.35. The molecule has 0 bridgehead atoms. The van der Waals surface area contributed by atoms with Crippen LogP contribution in [0.2, 0.25) is 0 Å². The Hall–Kier alpha value is -2.28. The van der Waals surface area contributed by atoms with E-state index in [9.17, 15) is 26.3 Å². The van der Waals surface area contributed by atoms with Gasteiger partial charge < -0.3 is 5.73 Å². The van der Waals surface area contributed by atoms with Gasteiger partial charge in [0.1, 0.15) is 0 Å². The predicted octanol–water partition coefficient (Wildman–Crippen LogP) is 5.79. The highest BCUT2D eigenvalue weighted by Crippen LogP contribution is 2.40. The lowest BCUT2D eigenvalue weighted by atomic mass is 9.98. The molecule has 0 saturated carbocycles. The van der Waals surface area contributed by atoms with Gasteiger partial charge in [-0.2, -0.15) is 26.3 Å². The summed E-state index contributed by atoms with van der Waals surface area (Å²) in [5.74, 6) is 0. The molecule has 0 aliphatic heterocycles. The Bertz CT molecular complexity index is 742. The smallest absolute Gasteiger partial charge is 0.330 e. The van der Waals surface area contributed by atoms with Crippen molar-refractivity contribution in [1.82, 2.24) is 0 Å². The second-order valence-corrected chi connectivity index (χ2v) is 5.73. The quantitative estimate of drug-likeness (QED) is 0.521. The highest BCUT2D eigenvalue weighted by atomic mass is 19.4. The highest BCUT2D eigenvalue weighted by Gasteiger charge is 2.39. The van der Waals surface area contributed by atoms with Crippen molar-refractivity contribution in [3.63, 3.8) is 0 Å². The third-order valence-electron chi connectivity index (χ3n) is 3.78. The molecule has 0 aliphatic rings. The van der Waals surface area contributed by atoms with Crippen LogP contribution in [0.1, 0.15) is 34.2 Å². The number of nitrogens with two attached hydrogens (primary N) is 1. The molecule has 0 fully saturated rings. The second kappa shape index (κ2) is 7.95. The van der Waals surface area contributed by atoms with Crippen molar-refractivity contribution in [3.05, 3.63) is 70.3 Å². The van der Waals surface area contributed by atoms with E-state index in [-0.39, 0.29) is 0 Å². The van der Waals surface area contributed by atoms with Gasteiger partial charge >= 0.3 is 12.4 Å². The van der Waals surface area contributed by atoms with Crippen molar-refractivity contribution in [2.24, 2.45) is 5.73 Å². The molecular weight excluding hydrogens is 356 g/mol. The molecule has 140 valence electrons. The molecule has 26 heavy (non-hydrogen) atoms. The first kappa shape index (κ1) is 20.0. The molecule has 0 heterocycles. The van der Waals surface area contributed by atoms with Crippen molar-refractivity contribution in [1.29, 1.82) is 0 Å². The van der Waals surface area contributed by atoms with E-state index in [1.54, 1.807) is 18.2 Å². The lowest BCUT2D eigenvalue weighted by Gasteiger charge is -2.16. The SMILES string of the molecule is NCCCc1cccc(/C=C/c2c(C(F)(F)F)cccc2C(F)(F)F)c1. The van der Waals surface area contributed by atoms with Crippen LogP contribution in [-0.4, -0.2) is 6.54 Å². The Labute approximate surface area is 147 Å². The molecule has 0 atom stereocenters. The van der Waals surface area contributed by atoms with E-state index in [0.717, 1.165) is 24.1 Å². The number of rotatable bonds is 5. The Morgan fingerprint density at radius 3 is 1.92 bits per heavy atom. The molecule has 0 unspecified atom stereocenters. The van der Waals surface area contributed by atoms with Gasteiger partial charge in [0.2, 0.25) is 0 Å². The average Bonchev–Trinajstić information content (AvgIpc) is 2.56. The summed E-state index contributed by atoms with van der Waals surface area (Å²) in [6, 6.07) is 8.92. The minimum atomic E-state index is -4.89. The van der Waals surface area contributed by atoms with E-state index in [1.165, 1.54) is 6.08 Å². The van der Waals surface area contributed by atoms with Crippen LogP contribution in [0.5, 0.6) is 0 Å². The van der Waals surface area contributed by atoms with Crippen molar-refractivity contribution < 1.29 is 26.3 Å². The molecule has 1 nitrogen and oxygen atoms in total. The zero-order valence-electron chi connectivity index (χ0n) is 13.7. The van der Waals surface area contributed by atoms with Crippen molar-refractivity contribution >= 4 is 12.2 Å². The van der Waals surface area contributed by atoms with Gasteiger partial charge in [0.05, 0.1) is 11.1 Å². The molecule has 2 N–H and O–H groups in total. The summed E-state index contributed by atoms with van der Waals surface area (Å²) in [6.45, 7) is 0.494. The first-order valence-corrected chi connectivity index (χ1v) is 7.87. The molecule has 0 saturated heterocycles. The summed E-state index contributed by atoms with van der Waals surface area (Å²) in [5, 5.41) is 0. The Kier molecular flexibility index (Phi) is 6.13. The van der Waals surface area contributed by atoms with Crippen LogP contribution < -0.4 is 5.73 Å². The molecule has 2 aromatic carbocycles. The largest absolute Gasteiger partial charge is 0.417 e. The first-order chi connectivity index (χ1) is 12.1. The van der Waals surface area contributed by atoms with Crippen LogP contribution in [0.15, 0.2) is 42.5 Å². The zero-order chi connectivity index (χ0) is 19.4. The van der Waals surface area contributed by atoms with Gasteiger partial charge in [-0.15, -0.1) is 0 Å². The van der Waals surface area contributed by atoms with Gasteiger partial charge in [0.15, 0.2) is 0 Å². The average molecular weight is 373 g/mol. The Balaban J connectivity index is 2.46. The molecule has 0 radical (unpaired) electrons. The third kappa shape index (κ3) is 5.11. The standard InChI is InChI=1S/C19H17F6N/c20-18(21,22)16-7-2-8-17(19(23,24)25)15(16)10-9-14-5-1-4-13(12-14)6-3-11-26/h1-2,4-5,7-10,12H,3,6,11,26H2/b10-9+. The number of hydrogen-bond acceptors (Lipinski definition) is 1. The van der Waals surface area contributed by atoms with Gasteiger partial charge in [-0.05, 0) is 48.2 Å². The topological polar surface area (TPSA) is 26.0 Å². The third-order valence-corrected chi connectivity index (χ3v) is 3.78. The van der Waals surface area contributed by atoms with Crippen LogP contribution >= 0.6 is 0 Å². The highest BCUT2D eigenvalue weighted by molar-refractivity contribution is 5.73. The van der Waals surface area contributed by atoms with E-state index in [1.807, 2.05) is 6.07 Å². The minimum Gasteiger partial charge on any atom is -0.330 e. The Morgan fingerprint density at radius 1 is 0.808 bits per heavy atom. The maximum absolute atomic E-state index is 13.1. The minimum absolute atomic E-state index is 0.494. The summed E-state index contributed by atoms with van der Waals surface area (Å²) >= 11 is 0. The fourth-order valence-corrected chi connectivity index (χ4v) is 2.58. The van der Waals surface area contributed by atoms with Crippen LogP contribution in [0.3, 0.4) is 0 Å². The molecule has 2 aromatic rings. The van der Waals surface area contributed by atoms with Crippen LogP contribution in [0.25, 0.3) is 12.2 Å². The maximum atomic E-state index is 13.1. The summed E-state index contributed by atoms with van der Waals surface area (Å²) < 4.78 is 78.8. The van der Waals surface area contributed by atoms with Crippen LogP contribution in [0, 0.1) is 0 Å². The number of alkyl halides is 6. The number of halogens is 6. The monoisotopic (exact) mass is 373 g/mol. The normalized spacial score (nSPS) is 12.7. The van der Waals surface area contributed by atoms with Crippen LogP contribution in [0.4, 0.5) is 26.3 Å². The molecule has 2 rings (SSSR count). The second-order valence-electron chi connectivity index (χ2n) is 5.73. The van der Waals surface area contributed by atoms with Crippen molar-refractivity contribution in [2.75, 3.05) is 6.54 Å². The van der Waals surface area contributed by atoms with Crippen LogP contribution in [-0.2, 0) is 18.8 Å². The van der Waals surface area contributed by atoms with E-state index in [4.69, 9.17) is 5.73 Å². The van der Waals surface area contributed by atoms with E-state index in [2.05, 4.69) is 0 Å². The summed E-state index contributed by atoms with van der Waals surface area (Å²) in [4.78, 5) is 0. The molecule has 0 aliphatic carbocycles. The fourth-order valence-electron chi connectivity index (χ4n) is 2.58. The first-order valence-electron chi connectivity index (χ1n) is 7.87. The summed E-state index contributed by atoms with van der Waals surface area (Å²) in [7, 11) is 0. The summed E-state index contributed by atoms with van der Waals surface area (Å²) in [6.07, 6.45) is -6.22. The predicted molar refractivity (Wildman–Crippen MR) is 89.2 cm³/mol. The number of aryl methyl sites for hydroxylation is 1. The van der Waals surface area contributed by atoms with E-state index in [0.29, 0.717) is 30.7 Å². The van der Waals surface area contributed by atoms with Gasteiger partial charge in [0, 0.05) is 0 Å². The number of benzene rings is 2. The number of hydrogen-bond donors (Lipinski definition) is 1. The van der Waals surface area contributed by atoms with E-state index < -0.39 is 29.0 Å². The van der Waals surface area contributed by atoms with Gasteiger partial charge in [-0.1, -0.05) is 42.5 Å². The lowest BCUT2D eigenvalue weighted by molar-refractivity contribution is -0.143. The molecule has 0 amide bonds. The fraction of sp³-hybridized carbons (Fsp3) is 0.263. The van der Waals surface area contributed by atoms with Gasteiger partial charge in [0.25, 0.3) is 0 Å². The lowest BCUT2D eigenvalue weighted by Crippen LogP contribution is -2.14. The van der Waals surface area contributed by atoms with Crippen molar-refractivity contribution in [3.8, 4) is 0 Å². The van der Waals surface area contributed by atoms with Gasteiger partial charge in [-0.3, -0.25) is 0 Å². The Morgan fingerprint density at radius 2 is 1.38 bits per heavy atom. The van der Waals surface area contributed by atoms with Gasteiger partial charge in [-0.25, -0.2) is 0 Å². The maximum Gasteiger partial charge on any atom is 0.417 e. The molecular formula is C19H17F6N. The van der Waals surface area contributed by atoms with E-state index >= 15 is 0 Å². The molecule has 0 spiro atoms. The zero-order valence-corrected chi connectivity index (χ0v) is 13.7. The molecule has 7 heteroatoms. The molecule has 0 aromatic heterocycles. The van der Waals surface area contributed by atoms with Crippen molar-refractivity contribution in [2.45, 2.75) is 25.2 Å².